The second kappa shape index (κ2) is 4.88. The van der Waals surface area contributed by atoms with Gasteiger partial charge in [0.2, 0.25) is 0 Å². The summed E-state index contributed by atoms with van der Waals surface area (Å²) < 4.78 is 2.32. The van der Waals surface area contributed by atoms with Gasteiger partial charge in [-0.25, -0.2) is 4.98 Å². The van der Waals surface area contributed by atoms with Crippen molar-refractivity contribution < 1.29 is 0 Å². The largest absolute Gasteiger partial charge is 0.324 e. The molecule has 2 rings (SSSR count). The minimum absolute atomic E-state index is 0.405. The summed E-state index contributed by atoms with van der Waals surface area (Å²) in [6.45, 7) is 9.69. The minimum Gasteiger partial charge on any atom is -0.324 e. The number of hydrogen-bond acceptors (Lipinski definition) is 2. The molecule has 3 nitrogen and oxygen atoms in total. The second-order valence-corrected chi connectivity index (χ2v) is 4.60. The number of fused-ring (bicyclic) bond motifs is 1. The van der Waals surface area contributed by atoms with Crippen molar-refractivity contribution in [2.75, 3.05) is 6.54 Å². The summed E-state index contributed by atoms with van der Waals surface area (Å²) >= 11 is 0. The van der Waals surface area contributed by atoms with E-state index < -0.39 is 0 Å². The van der Waals surface area contributed by atoms with Gasteiger partial charge in [-0.2, -0.15) is 0 Å². The van der Waals surface area contributed by atoms with Crippen LogP contribution in [0.2, 0.25) is 0 Å². The lowest BCUT2D eigenvalue weighted by atomic mass is 10.1. The summed E-state index contributed by atoms with van der Waals surface area (Å²) in [7, 11) is 0. The Labute approximate surface area is 103 Å². The van der Waals surface area contributed by atoms with E-state index in [1.807, 2.05) is 6.07 Å². The Hall–Kier alpha value is -1.35. The van der Waals surface area contributed by atoms with Crippen molar-refractivity contribution >= 4 is 11.0 Å². The number of imidazole rings is 1. The van der Waals surface area contributed by atoms with Crippen LogP contribution in [0.1, 0.15) is 32.6 Å². The van der Waals surface area contributed by atoms with Gasteiger partial charge in [-0.1, -0.05) is 19.1 Å². The molecular weight excluding hydrogens is 210 g/mol. The lowest BCUT2D eigenvalue weighted by Gasteiger charge is -2.24. The molecule has 1 heterocycles. The first-order valence-corrected chi connectivity index (χ1v) is 6.32. The predicted molar refractivity (Wildman–Crippen MR) is 72.3 cm³/mol. The number of likely N-dealkylation sites (N-methyl/N-ethyl adjacent to an activating group) is 1. The van der Waals surface area contributed by atoms with Crippen LogP contribution < -0.4 is 5.32 Å². The number of benzene rings is 1. The standard InChI is InChI=1S/C14H21N3/c1-5-15-10(2)11(3)17-12(4)16-13-8-6-7-9-14(13)17/h6-11,15H,5H2,1-4H3. The smallest absolute Gasteiger partial charge is 0.107 e. The quantitative estimate of drug-likeness (QED) is 0.877. The number of hydrogen-bond donors (Lipinski definition) is 1. The molecule has 0 aliphatic rings. The van der Waals surface area contributed by atoms with Crippen LogP contribution in [-0.4, -0.2) is 22.1 Å². The zero-order chi connectivity index (χ0) is 12.4. The SMILES string of the molecule is CCNC(C)C(C)n1c(C)nc2ccccc21. The predicted octanol–water partition coefficient (Wildman–Crippen LogP) is 2.90. The van der Waals surface area contributed by atoms with Crippen LogP contribution in [0.25, 0.3) is 11.0 Å². The second-order valence-electron chi connectivity index (χ2n) is 4.60. The van der Waals surface area contributed by atoms with Crippen molar-refractivity contribution in [1.29, 1.82) is 0 Å². The molecule has 1 aromatic carbocycles. The highest BCUT2D eigenvalue weighted by Gasteiger charge is 2.17. The van der Waals surface area contributed by atoms with E-state index in [0.717, 1.165) is 17.9 Å². The monoisotopic (exact) mass is 231 g/mol. The van der Waals surface area contributed by atoms with Gasteiger partial charge < -0.3 is 9.88 Å². The van der Waals surface area contributed by atoms with Gasteiger partial charge in [-0.15, -0.1) is 0 Å². The van der Waals surface area contributed by atoms with E-state index in [1.165, 1.54) is 5.52 Å². The molecule has 0 amide bonds. The molecule has 17 heavy (non-hydrogen) atoms. The van der Waals surface area contributed by atoms with Gasteiger partial charge in [-0.3, -0.25) is 0 Å². The van der Waals surface area contributed by atoms with Crippen LogP contribution in [-0.2, 0) is 0 Å². The van der Waals surface area contributed by atoms with Gasteiger partial charge in [-0.05, 0) is 39.4 Å². The maximum Gasteiger partial charge on any atom is 0.107 e. The summed E-state index contributed by atoms with van der Waals surface area (Å²) in [6, 6.07) is 9.18. The van der Waals surface area contributed by atoms with E-state index in [9.17, 15) is 0 Å². The van der Waals surface area contributed by atoms with Crippen LogP contribution >= 0.6 is 0 Å². The average molecular weight is 231 g/mol. The van der Waals surface area contributed by atoms with Crippen molar-refractivity contribution in [2.24, 2.45) is 0 Å². The number of aryl methyl sites for hydroxylation is 1. The Morgan fingerprint density at radius 1 is 1.29 bits per heavy atom. The van der Waals surface area contributed by atoms with Gasteiger partial charge in [0, 0.05) is 12.1 Å². The van der Waals surface area contributed by atoms with Crippen LogP contribution in [0, 0.1) is 6.92 Å². The summed E-state index contributed by atoms with van der Waals surface area (Å²) in [5, 5.41) is 3.48. The van der Waals surface area contributed by atoms with Crippen molar-refractivity contribution in [2.45, 2.75) is 39.8 Å². The lowest BCUT2D eigenvalue weighted by Crippen LogP contribution is -2.33. The van der Waals surface area contributed by atoms with Crippen LogP contribution in [0.15, 0.2) is 24.3 Å². The topological polar surface area (TPSA) is 29.9 Å². The van der Waals surface area contributed by atoms with E-state index >= 15 is 0 Å². The molecule has 2 aromatic rings. The highest BCUT2D eigenvalue weighted by molar-refractivity contribution is 5.76. The molecular formula is C14H21N3. The van der Waals surface area contributed by atoms with Crippen LogP contribution in [0.3, 0.4) is 0 Å². The third-order valence-electron chi connectivity index (χ3n) is 3.43. The van der Waals surface area contributed by atoms with Crippen LogP contribution in [0.5, 0.6) is 0 Å². The number of para-hydroxylation sites is 2. The molecule has 0 saturated heterocycles. The Bertz CT molecular complexity index is 501. The summed E-state index contributed by atoms with van der Waals surface area (Å²) in [6.07, 6.45) is 0. The van der Waals surface area contributed by atoms with E-state index in [1.54, 1.807) is 0 Å². The van der Waals surface area contributed by atoms with Crippen molar-refractivity contribution in [3.05, 3.63) is 30.1 Å². The maximum atomic E-state index is 4.61. The van der Waals surface area contributed by atoms with Gasteiger partial charge in [0.1, 0.15) is 5.82 Å². The van der Waals surface area contributed by atoms with E-state index in [-0.39, 0.29) is 0 Å². The third-order valence-corrected chi connectivity index (χ3v) is 3.43. The van der Waals surface area contributed by atoms with Crippen molar-refractivity contribution in [3.8, 4) is 0 Å². The Morgan fingerprint density at radius 3 is 2.71 bits per heavy atom. The highest BCUT2D eigenvalue weighted by atomic mass is 15.1. The molecule has 3 heteroatoms. The molecule has 0 saturated carbocycles. The molecule has 0 bridgehead atoms. The first kappa shape index (κ1) is 12.1. The highest BCUT2D eigenvalue weighted by Crippen LogP contribution is 2.22. The Morgan fingerprint density at radius 2 is 2.00 bits per heavy atom. The molecule has 0 radical (unpaired) electrons. The first-order chi connectivity index (χ1) is 8.15. The molecule has 0 aliphatic carbocycles. The zero-order valence-electron chi connectivity index (χ0n) is 11.1. The normalized spacial score (nSPS) is 15.1. The van der Waals surface area contributed by atoms with Crippen molar-refractivity contribution in [1.82, 2.24) is 14.9 Å². The summed E-state index contributed by atoms with van der Waals surface area (Å²) in [4.78, 5) is 4.61. The number of aromatic nitrogens is 2. The molecule has 2 unspecified atom stereocenters. The van der Waals surface area contributed by atoms with Gasteiger partial charge in [0.15, 0.2) is 0 Å². The fourth-order valence-electron chi connectivity index (χ4n) is 2.40. The van der Waals surface area contributed by atoms with Gasteiger partial charge in [0.05, 0.1) is 11.0 Å². The average Bonchev–Trinajstić information content (AvgIpc) is 2.64. The molecule has 0 aliphatic heterocycles. The van der Waals surface area contributed by atoms with Crippen molar-refractivity contribution in [3.63, 3.8) is 0 Å². The molecule has 1 aromatic heterocycles. The van der Waals surface area contributed by atoms with E-state index in [0.29, 0.717) is 12.1 Å². The van der Waals surface area contributed by atoms with Crippen LogP contribution in [0.4, 0.5) is 0 Å². The molecule has 0 spiro atoms. The third kappa shape index (κ3) is 2.20. The molecule has 2 atom stereocenters. The lowest BCUT2D eigenvalue weighted by molar-refractivity contribution is 0.401. The minimum atomic E-state index is 0.405. The fraction of sp³-hybridized carbons (Fsp3) is 0.500. The van der Waals surface area contributed by atoms with E-state index in [4.69, 9.17) is 0 Å². The maximum absolute atomic E-state index is 4.61. The Balaban J connectivity index is 2.43. The molecule has 1 N–H and O–H groups in total. The number of nitrogens with one attached hydrogen (secondary N) is 1. The summed E-state index contributed by atoms with van der Waals surface area (Å²) in [5.41, 5.74) is 2.31. The Kier molecular flexibility index (Phi) is 3.48. The molecule has 92 valence electrons. The van der Waals surface area contributed by atoms with E-state index in [2.05, 4.69) is 60.8 Å². The van der Waals surface area contributed by atoms with Gasteiger partial charge >= 0.3 is 0 Å². The zero-order valence-corrected chi connectivity index (χ0v) is 11.1. The fourth-order valence-corrected chi connectivity index (χ4v) is 2.40. The van der Waals surface area contributed by atoms with Gasteiger partial charge in [0.25, 0.3) is 0 Å². The first-order valence-electron chi connectivity index (χ1n) is 6.32. The molecule has 0 fully saturated rings. The number of nitrogens with zero attached hydrogens (tertiary/aromatic N) is 2. The number of rotatable bonds is 4. The summed E-state index contributed by atoms with van der Waals surface area (Å²) in [5.74, 6) is 1.09.